The van der Waals surface area contributed by atoms with Gasteiger partial charge < -0.3 is 14.4 Å². The van der Waals surface area contributed by atoms with Gasteiger partial charge in [0.1, 0.15) is 0 Å². The van der Waals surface area contributed by atoms with Gasteiger partial charge in [0, 0.05) is 19.0 Å². The van der Waals surface area contributed by atoms with Crippen molar-refractivity contribution >= 4 is 11.9 Å². The van der Waals surface area contributed by atoms with Gasteiger partial charge in [-0.3, -0.25) is 9.59 Å². The summed E-state index contributed by atoms with van der Waals surface area (Å²) in [5.41, 5.74) is 0. The van der Waals surface area contributed by atoms with Crippen LogP contribution >= 0.6 is 0 Å². The summed E-state index contributed by atoms with van der Waals surface area (Å²) in [5.74, 6) is 0.182. The molecule has 0 aromatic rings. The highest BCUT2D eigenvalue weighted by Gasteiger charge is 2.32. The summed E-state index contributed by atoms with van der Waals surface area (Å²) in [7, 11) is 1.42. The molecular weight excluding hydrogens is 234 g/mol. The molecular formula is C13H21NO4. The highest BCUT2D eigenvalue weighted by atomic mass is 16.5. The number of carbonyl (C=O) groups excluding carboxylic acids is 2. The summed E-state index contributed by atoms with van der Waals surface area (Å²) in [4.78, 5) is 25.6. The molecule has 1 heterocycles. The van der Waals surface area contributed by atoms with Gasteiger partial charge >= 0.3 is 5.97 Å². The van der Waals surface area contributed by atoms with Crippen LogP contribution in [0.3, 0.4) is 0 Å². The van der Waals surface area contributed by atoms with Crippen LogP contribution in [0, 0.1) is 11.8 Å². The Hall–Kier alpha value is -1.10. The summed E-state index contributed by atoms with van der Waals surface area (Å²) in [5, 5.41) is 0. The van der Waals surface area contributed by atoms with Crippen LogP contribution in [0.1, 0.15) is 25.7 Å². The van der Waals surface area contributed by atoms with Gasteiger partial charge in [0.05, 0.1) is 26.2 Å². The van der Waals surface area contributed by atoms with Crippen LogP contribution in [0.5, 0.6) is 0 Å². The Morgan fingerprint density at radius 1 is 1.06 bits per heavy atom. The minimum absolute atomic E-state index is 0.0104. The number of methoxy groups -OCH3 is 1. The third-order valence-electron chi connectivity index (χ3n) is 3.93. The van der Waals surface area contributed by atoms with Crippen molar-refractivity contribution in [1.29, 1.82) is 0 Å². The molecule has 2 fully saturated rings. The molecule has 1 aliphatic carbocycles. The lowest BCUT2D eigenvalue weighted by Gasteiger charge is -2.33. The van der Waals surface area contributed by atoms with Crippen LogP contribution in [0.25, 0.3) is 0 Å². The molecule has 1 saturated heterocycles. The number of hydrogen-bond donors (Lipinski definition) is 0. The van der Waals surface area contributed by atoms with E-state index in [2.05, 4.69) is 0 Å². The zero-order chi connectivity index (χ0) is 13.0. The summed E-state index contributed by atoms with van der Waals surface area (Å²) in [6.07, 6.45) is 3.15. The maximum absolute atomic E-state index is 12.3. The number of carbonyl (C=O) groups is 2. The van der Waals surface area contributed by atoms with E-state index in [0.717, 1.165) is 25.7 Å². The van der Waals surface area contributed by atoms with Gasteiger partial charge in [0.15, 0.2) is 0 Å². The second-order valence-electron chi connectivity index (χ2n) is 5.01. The second-order valence-corrected chi connectivity index (χ2v) is 5.01. The third-order valence-corrected chi connectivity index (χ3v) is 3.93. The molecule has 2 rings (SSSR count). The molecule has 18 heavy (non-hydrogen) atoms. The summed E-state index contributed by atoms with van der Waals surface area (Å²) >= 11 is 0. The van der Waals surface area contributed by atoms with Crippen molar-refractivity contribution < 1.29 is 19.1 Å². The maximum atomic E-state index is 12.3. The van der Waals surface area contributed by atoms with E-state index in [0.29, 0.717) is 26.3 Å². The summed E-state index contributed by atoms with van der Waals surface area (Å²) < 4.78 is 10.00. The van der Waals surface area contributed by atoms with Crippen molar-refractivity contribution in [3.05, 3.63) is 0 Å². The molecule has 1 aliphatic heterocycles. The van der Waals surface area contributed by atoms with Gasteiger partial charge in [-0.2, -0.15) is 0 Å². The SMILES string of the molecule is COC(=O)C1CCC(C(=O)N2CCOCC2)CC1. The Morgan fingerprint density at radius 3 is 2.17 bits per heavy atom. The largest absolute Gasteiger partial charge is 0.469 e. The summed E-state index contributed by atoms with van der Waals surface area (Å²) in [6, 6.07) is 0. The van der Waals surface area contributed by atoms with Gasteiger partial charge in [-0.25, -0.2) is 0 Å². The van der Waals surface area contributed by atoms with Gasteiger partial charge in [-0.15, -0.1) is 0 Å². The van der Waals surface area contributed by atoms with Crippen molar-refractivity contribution in [2.24, 2.45) is 11.8 Å². The maximum Gasteiger partial charge on any atom is 0.308 e. The lowest BCUT2D eigenvalue weighted by molar-refractivity contribution is -0.149. The number of morpholine rings is 1. The van der Waals surface area contributed by atoms with Crippen LogP contribution in [0.4, 0.5) is 0 Å². The standard InChI is InChI=1S/C13H21NO4/c1-17-13(16)11-4-2-10(3-5-11)12(15)14-6-8-18-9-7-14/h10-11H,2-9H2,1H3. The van der Waals surface area contributed by atoms with Gasteiger partial charge in [0.2, 0.25) is 5.91 Å². The van der Waals surface area contributed by atoms with Crippen molar-refractivity contribution in [2.45, 2.75) is 25.7 Å². The Labute approximate surface area is 107 Å². The predicted octanol–water partition coefficient (Wildman–Crippen LogP) is 0.825. The fourth-order valence-corrected chi connectivity index (χ4v) is 2.78. The second kappa shape index (κ2) is 6.18. The molecule has 0 aromatic carbocycles. The highest BCUT2D eigenvalue weighted by molar-refractivity contribution is 5.79. The minimum Gasteiger partial charge on any atom is -0.469 e. The van der Waals surface area contributed by atoms with Crippen molar-refractivity contribution in [3.8, 4) is 0 Å². The molecule has 5 heteroatoms. The Balaban J connectivity index is 1.81. The van der Waals surface area contributed by atoms with Crippen molar-refractivity contribution in [2.75, 3.05) is 33.4 Å². The molecule has 0 bridgehead atoms. The number of esters is 1. The fraction of sp³-hybridized carbons (Fsp3) is 0.846. The number of hydrogen-bond acceptors (Lipinski definition) is 4. The zero-order valence-electron chi connectivity index (χ0n) is 10.9. The molecule has 1 saturated carbocycles. The van der Waals surface area contributed by atoms with E-state index >= 15 is 0 Å². The quantitative estimate of drug-likeness (QED) is 0.686. The first-order valence-corrected chi connectivity index (χ1v) is 6.66. The minimum atomic E-state index is -0.132. The molecule has 102 valence electrons. The van der Waals surface area contributed by atoms with Gasteiger partial charge in [-0.1, -0.05) is 0 Å². The molecule has 2 aliphatic rings. The van der Waals surface area contributed by atoms with Crippen LogP contribution < -0.4 is 0 Å². The fourth-order valence-electron chi connectivity index (χ4n) is 2.78. The van der Waals surface area contributed by atoms with E-state index in [4.69, 9.17) is 9.47 Å². The summed E-state index contributed by atoms with van der Waals surface area (Å²) in [6.45, 7) is 2.69. The lowest BCUT2D eigenvalue weighted by Crippen LogP contribution is -2.44. The molecule has 0 radical (unpaired) electrons. The monoisotopic (exact) mass is 255 g/mol. The molecule has 1 amide bonds. The first-order valence-electron chi connectivity index (χ1n) is 6.66. The Morgan fingerprint density at radius 2 is 1.61 bits per heavy atom. The molecule has 0 atom stereocenters. The molecule has 0 spiro atoms. The van der Waals surface area contributed by atoms with Crippen LogP contribution in [-0.4, -0.2) is 50.2 Å². The van der Waals surface area contributed by atoms with Gasteiger partial charge in [0.25, 0.3) is 0 Å². The average Bonchev–Trinajstić information content (AvgIpc) is 2.47. The average molecular weight is 255 g/mol. The lowest BCUT2D eigenvalue weighted by atomic mass is 9.81. The first-order chi connectivity index (χ1) is 8.72. The third kappa shape index (κ3) is 3.02. The van der Waals surface area contributed by atoms with Crippen LogP contribution in [-0.2, 0) is 19.1 Å². The molecule has 0 N–H and O–H groups in total. The molecule has 5 nitrogen and oxygen atoms in total. The number of nitrogens with zero attached hydrogens (tertiary/aromatic N) is 1. The number of rotatable bonds is 2. The predicted molar refractivity (Wildman–Crippen MR) is 64.9 cm³/mol. The number of amides is 1. The van der Waals surface area contributed by atoms with E-state index < -0.39 is 0 Å². The van der Waals surface area contributed by atoms with E-state index in [9.17, 15) is 9.59 Å². The van der Waals surface area contributed by atoms with E-state index in [-0.39, 0.29) is 23.7 Å². The smallest absolute Gasteiger partial charge is 0.308 e. The van der Waals surface area contributed by atoms with Crippen molar-refractivity contribution in [1.82, 2.24) is 4.90 Å². The van der Waals surface area contributed by atoms with E-state index in [1.165, 1.54) is 7.11 Å². The van der Waals surface area contributed by atoms with Crippen molar-refractivity contribution in [3.63, 3.8) is 0 Å². The topological polar surface area (TPSA) is 55.8 Å². The van der Waals surface area contributed by atoms with Gasteiger partial charge in [-0.05, 0) is 25.7 Å². The molecule has 0 aromatic heterocycles. The van der Waals surface area contributed by atoms with Crippen LogP contribution in [0.15, 0.2) is 0 Å². The number of ether oxygens (including phenoxy) is 2. The highest BCUT2D eigenvalue weighted by Crippen LogP contribution is 2.30. The molecule has 0 unspecified atom stereocenters. The Kier molecular flexibility index (Phi) is 4.58. The van der Waals surface area contributed by atoms with E-state index in [1.807, 2.05) is 4.90 Å². The normalized spacial score (nSPS) is 28.8. The van der Waals surface area contributed by atoms with Crippen LogP contribution in [0.2, 0.25) is 0 Å². The first kappa shape index (κ1) is 13.3. The zero-order valence-corrected chi connectivity index (χ0v) is 10.9. The Bertz CT molecular complexity index is 304. The van der Waals surface area contributed by atoms with E-state index in [1.54, 1.807) is 0 Å².